The Hall–Kier alpha value is 0.120. The van der Waals surface area contributed by atoms with Gasteiger partial charge in [0.1, 0.15) is 0 Å². The second-order valence-corrected chi connectivity index (χ2v) is 9.34. The highest BCUT2D eigenvalue weighted by Crippen LogP contribution is 2.45. The molecule has 3 fully saturated rings. The normalized spacial score (nSPS) is 30.0. The number of hydrogen-bond acceptors (Lipinski definition) is 3. The van der Waals surface area contributed by atoms with Gasteiger partial charge in [-0.05, 0) is 43.9 Å². The highest BCUT2D eigenvalue weighted by atomic mass is 35.5. The summed E-state index contributed by atoms with van der Waals surface area (Å²) in [6.45, 7) is 2.50. The van der Waals surface area contributed by atoms with Gasteiger partial charge in [0.2, 0.25) is 0 Å². The topological polar surface area (TPSA) is 66.6 Å². The third-order valence-corrected chi connectivity index (χ3v) is 8.26. The van der Waals surface area contributed by atoms with Crippen LogP contribution in [0.3, 0.4) is 0 Å². The fourth-order valence-corrected chi connectivity index (χ4v) is 6.52. The van der Waals surface area contributed by atoms with Gasteiger partial charge in [-0.1, -0.05) is 25.7 Å². The summed E-state index contributed by atoms with van der Waals surface area (Å²) in [5.74, 6) is 0. The second kappa shape index (κ2) is 8.00. The summed E-state index contributed by atoms with van der Waals surface area (Å²) in [5, 5.41) is 0. The van der Waals surface area contributed by atoms with Gasteiger partial charge in [-0.25, -0.2) is 0 Å². The van der Waals surface area contributed by atoms with E-state index >= 15 is 0 Å². The Morgan fingerprint density at radius 2 is 1.57 bits per heavy atom. The number of nitrogens with zero attached hydrogens (tertiary/aromatic N) is 2. The largest absolute Gasteiger partial charge is 0.329 e. The monoisotopic (exact) mass is 365 g/mol. The second-order valence-electron chi connectivity index (χ2n) is 7.46. The Bertz CT molecular complexity index is 470. The van der Waals surface area contributed by atoms with Gasteiger partial charge < -0.3 is 5.73 Å². The van der Waals surface area contributed by atoms with Gasteiger partial charge in [-0.2, -0.15) is 17.0 Å². The third kappa shape index (κ3) is 4.03. The van der Waals surface area contributed by atoms with Crippen LogP contribution in [0, 0.1) is 5.41 Å². The summed E-state index contributed by atoms with van der Waals surface area (Å²) in [4.78, 5) is 0. The molecular weight excluding hydrogens is 334 g/mol. The average Bonchev–Trinajstić information content (AvgIpc) is 2.56. The van der Waals surface area contributed by atoms with Crippen LogP contribution >= 0.6 is 12.4 Å². The molecule has 2 aliphatic heterocycles. The van der Waals surface area contributed by atoms with Crippen molar-refractivity contribution in [3.8, 4) is 0 Å². The molecule has 7 heteroatoms. The Labute approximate surface area is 147 Å². The molecule has 0 radical (unpaired) electrons. The summed E-state index contributed by atoms with van der Waals surface area (Å²) in [6.07, 6.45) is 11.7. The Balaban J connectivity index is 0.00000192. The van der Waals surface area contributed by atoms with E-state index in [9.17, 15) is 8.42 Å². The van der Waals surface area contributed by atoms with Crippen LogP contribution in [0.5, 0.6) is 0 Å². The number of piperidine rings is 2. The lowest BCUT2D eigenvalue weighted by Crippen LogP contribution is -2.55. The lowest BCUT2D eigenvalue weighted by Gasteiger charge is -2.45. The third-order valence-electron chi connectivity index (χ3n) is 6.17. The lowest BCUT2D eigenvalue weighted by molar-refractivity contribution is 0.0971. The van der Waals surface area contributed by atoms with E-state index < -0.39 is 10.2 Å². The maximum absolute atomic E-state index is 13.0. The summed E-state index contributed by atoms with van der Waals surface area (Å²) in [6, 6.07) is 0.00400. The van der Waals surface area contributed by atoms with Crippen molar-refractivity contribution in [1.29, 1.82) is 0 Å². The minimum absolute atomic E-state index is 0. The van der Waals surface area contributed by atoms with Gasteiger partial charge in [0.25, 0.3) is 10.2 Å². The zero-order chi connectivity index (χ0) is 15.6. The van der Waals surface area contributed by atoms with Crippen LogP contribution in [-0.2, 0) is 10.2 Å². The van der Waals surface area contributed by atoms with Gasteiger partial charge in [0, 0.05) is 32.2 Å². The van der Waals surface area contributed by atoms with Gasteiger partial charge in [-0.3, -0.25) is 0 Å². The molecule has 1 atom stereocenters. The molecule has 23 heavy (non-hydrogen) atoms. The predicted octanol–water partition coefficient (Wildman–Crippen LogP) is 2.51. The first-order chi connectivity index (χ1) is 10.6. The van der Waals surface area contributed by atoms with Crippen molar-refractivity contribution < 1.29 is 8.42 Å². The zero-order valence-electron chi connectivity index (χ0n) is 14.1. The van der Waals surface area contributed by atoms with Crippen LogP contribution in [0.25, 0.3) is 0 Å². The molecule has 0 aromatic carbocycles. The highest BCUT2D eigenvalue weighted by molar-refractivity contribution is 7.86. The molecule has 0 amide bonds. The lowest BCUT2D eigenvalue weighted by atomic mass is 9.68. The van der Waals surface area contributed by atoms with Crippen molar-refractivity contribution in [3.63, 3.8) is 0 Å². The summed E-state index contributed by atoms with van der Waals surface area (Å²) in [7, 11) is -3.32. The van der Waals surface area contributed by atoms with Gasteiger partial charge >= 0.3 is 0 Å². The molecule has 0 bridgehead atoms. The fraction of sp³-hybridized carbons (Fsp3) is 1.00. The molecule has 1 spiro atoms. The summed E-state index contributed by atoms with van der Waals surface area (Å²) in [5.41, 5.74) is 6.25. The molecule has 0 aromatic rings. The molecule has 136 valence electrons. The molecule has 1 saturated carbocycles. The average molecular weight is 366 g/mol. The molecule has 2 saturated heterocycles. The van der Waals surface area contributed by atoms with E-state index in [-0.39, 0.29) is 18.4 Å². The standard InChI is InChI=1S/C16H31N3O2S.ClH/c17-14-15-6-2-5-11-19(15)22(20,21)18-12-9-16(10-13-18)7-3-1-4-8-16;/h15H,1-14,17H2;1H. The van der Waals surface area contributed by atoms with Crippen molar-refractivity contribution in [1.82, 2.24) is 8.61 Å². The first-order valence-electron chi connectivity index (χ1n) is 9.04. The van der Waals surface area contributed by atoms with E-state index in [2.05, 4.69) is 0 Å². The van der Waals surface area contributed by atoms with Crippen LogP contribution < -0.4 is 5.73 Å². The number of rotatable bonds is 3. The molecule has 1 aliphatic carbocycles. The smallest absolute Gasteiger partial charge is 0.282 e. The van der Waals surface area contributed by atoms with E-state index in [0.29, 0.717) is 31.6 Å². The first kappa shape index (κ1) is 19.4. The van der Waals surface area contributed by atoms with E-state index in [1.807, 2.05) is 0 Å². The Morgan fingerprint density at radius 1 is 0.913 bits per heavy atom. The number of halogens is 1. The van der Waals surface area contributed by atoms with Crippen molar-refractivity contribution in [2.24, 2.45) is 11.1 Å². The molecule has 0 aromatic heterocycles. The van der Waals surface area contributed by atoms with Gasteiger partial charge in [0.05, 0.1) is 0 Å². The van der Waals surface area contributed by atoms with Crippen molar-refractivity contribution in [2.45, 2.75) is 70.3 Å². The van der Waals surface area contributed by atoms with Gasteiger partial charge in [0.15, 0.2) is 0 Å². The molecule has 2 heterocycles. The Morgan fingerprint density at radius 3 is 2.17 bits per heavy atom. The van der Waals surface area contributed by atoms with E-state index in [1.165, 1.54) is 32.1 Å². The molecule has 3 rings (SSSR count). The number of nitrogens with two attached hydrogens (primary N) is 1. The van der Waals surface area contributed by atoms with Crippen LogP contribution in [-0.4, -0.2) is 49.2 Å². The first-order valence-corrected chi connectivity index (χ1v) is 10.4. The quantitative estimate of drug-likeness (QED) is 0.835. The van der Waals surface area contributed by atoms with Crippen molar-refractivity contribution >= 4 is 22.6 Å². The Kier molecular flexibility index (Phi) is 6.76. The molecule has 1 unspecified atom stereocenters. The summed E-state index contributed by atoms with van der Waals surface area (Å²) < 4.78 is 29.4. The van der Waals surface area contributed by atoms with Crippen molar-refractivity contribution in [2.75, 3.05) is 26.2 Å². The van der Waals surface area contributed by atoms with Crippen LogP contribution in [0.15, 0.2) is 0 Å². The summed E-state index contributed by atoms with van der Waals surface area (Å²) >= 11 is 0. The van der Waals surface area contributed by atoms with Crippen LogP contribution in [0.4, 0.5) is 0 Å². The highest BCUT2D eigenvalue weighted by Gasteiger charge is 2.42. The molecule has 5 nitrogen and oxygen atoms in total. The van der Waals surface area contributed by atoms with Gasteiger partial charge in [-0.15, -0.1) is 12.4 Å². The maximum Gasteiger partial charge on any atom is 0.282 e. The van der Waals surface area contributed by atoms with Crippen LogP contribution in [0.2, 0.25) is 0 Å². The molecule has 3 aliphatic rings. The fourth-order valence-electron chi connectivity index (χ4n) is 4.65. The van der Waals surface area contributed by atoms with E-state index in [1.54, 1.807) is 8.61 Å². The minimum Gasteiger partial charge on any atom is -0.329 e. The number of hydrogen-bond donors (Lipinski definition) is 1. The molecular formula is C16H32ClN3O2S. The van der Waals surface area contributed by atoms with Crippen LogP contribution in [0.1, 0.15) is 64.2 Å². The molecule has 2 N–H and O–H groups in total. The zero-order valence-corrected chi connectivity index (χ0v) is 15.7. The minimum atomic E-state index is -3.32. The SMILES string of the molecule is Cl.NCC1CCCCN1S(=O)(=O)N1CCC2(CCCCC2)CC1. The van der Waals surface area contributed by atoms with E-state index in [0.717, 1.165) is 32.1 Å². The van der Waals surface area contributed by atoms with E-state index in [4.69, 9.17) is 5.73 Å². The van der Waals surface area contributed by atoms with Crippen molar-refractivity contribution in [3.05, 3.63) is 0 Å². The predicted molar refractivity (Wildman–Crippen MR) is 95.9 cm³/mol. The maximum atomic E-state index is 13.0.